The van der Waals surface area contributed by atoms with Crippen LogP contribution >= 0.6 is 0 Å². The monoisotopic (exact) mass is 253 g/mol. The Hall–Kier alpha value is -1.03. The van der Waals surface area contributed by atoms with Gasteiger partial charge in [-0.1, -0.05) is 12.8 Å². The van der Waals surface area contributed by atoms with Gasteiger partial charge in [-0.25, -0.2) is 8.42 Å². The molecule has 0 N–H and O–H groups in total. The van der Waals surface area contributed by atoms with Crippen LogP contribution in [0.15, 0.2) is 29.2 Å². The number of anilines is 1. The van der Waals surface area contributed by atoms with Crippen LogP contribution in [0.5, 0.6) is 0 Å². The maximum absolute atomic E-state index is 11.4. The number of nitrogens with zero attached hydrogens (tertiary/aromatic N) is 1. The van der Waals surface area contributed by atoms with Gasteiger partial charge in [-0.15, -0.1) is 0 Å². The van der Waals surface area contributed by atoms with Crippen molar-refractivity contribution < 1.29 is 8.42 Å². The molecule has 1 aromatic carbocycles. The Balaban J connectivity index is 2.17. The average Bonchev–Trinajstić information content (AvgIpc) is 2.80. The zero-order valence-electron chi connectivity index (χ0n) is 10.4. The molecule has 1 aromatic rings. The molecule has 0 unspecified atom stereocenters. The van der Waals surface area contributed by atoms with E-state index in [1.165, 1.54) is 31.9 Å². The maximum Gasteiger partial charge on any atom is 0.175 e. The van der Waals surface area contributed by atoms with E-state index in [1.54, 1.807) is 12.1 Å². The van der Waals surface area contributed by atoms with E-state index in [-0.39, 0.29) is 0 Å². The van der Waals surface area contributed by atoms with Crippen molar-refractivity contribution in [3.63, 3.8) is 0 Å². The van der Waals surface area contributed by atoms with Crippen molar-refractivity contribution in [3.05, 3.63) is 24.3 Å². The van der Waals surface area contributed by atoms with Gasteiger partial charge in [0.25, 0.3) is 0 Å². The third kappa shape index (κ3) is 2.80. The second-order valence-corrected chi connectivity index (χ2v) is 6.83. The van der Waals surface area contributed by atoms with Gasteiger partial charge in [0.2, 0.25) is 0 Å². The van der Waals surface area contributed by atoms with Gasteiger partial charge < -0.3 is 4.90 Å². The molecule has 0 amide bonds. The predicted octanol–water partition coefficient (Wildman–Crippen LogP) is 2.47. The minimum absolute atomic E-state index is 0.390. The lowest BCUT2D eigenvalue weighted by molar-refractivity contribution is 0.602. The summed E-state index contributed by atoms with van der Waals surface area (Å²) in [6.45, 7) is 0. The molecule has 1 aliphatic rings. The van der Waals surface area contributed by atoms with Gasteiger partial charge in [-0.05, 0) is 37.1 Å². The van der Waals surface area contributed by atoms with Crippen LogP contribution in [0.3, 0.4) is 0 Å². The van der Waals surface area contributed by atoms with Gasteiger partial charge in [0.1, 0.15) is 0 Å². The molecule has 0 atom stereocenters. The van der Waals surface area contributed by atoms with Gasteiger partial charge in [0, 0.05) is 25.0 Å². The summed E-state index contributed by atoms with van der Waals surface area (Å²) in [4.78, 5) is 2.65. The van der Waals surface area contributed by atoms with Gasteiger partial charge in [-0.3, -0.25) is 0 Å². The maximum atomic E-state index is 11.4. The van der Waals surface area contributed by atoms with Crippen LogP contribution in [0.4, 0.5) is 5.69 Å². The highest BCUT2D eigenvalue weighted by atomic mass is 32.2. The zero-order valence-corrected chi connectivity index (χ0v) is 11.2. The van der Waals surface area contributed by atoms with E-state index >= 15 is 0 Å². The molecule has 94 valence electrons. The van der Waals surface area contributed by atoms with Crippen molar-refractivity contribution in [2.24, 2.45) is 0 Å². The number of hydrogen-bond acceptors (Lipinski definition) is 3. The van der Waals surface area contributed by atoms with Crippen LogP contribution in [-0.2, 0) is 9.84 Å². The van der Waals surface area contributed by atoms with E-state index in [0.29, 0.717) is 10.9 Å². The molecule has 0 aliphatic heterocycles. The molecule has 0 spiro atoms. The molecule has 0 heterocycles. The van der Waals surface area contributed by atoms with Crippen molar-refractivity contribution in [1.82, 2.24) is 0 Å². The minimum Gasteiger partial charge on any atom is -0.372 e. The molecule has 2 rings (SSSR count). The second kappa shape index (κ2) is 4.69. The van der Waals surface area contributed by atoms with Crippen LogP contribution in [0.25, 0.3) is 0 Å². The summed E-state index contributed by atoms with van der Waals surface area (Å²) in [5, 5.41) is 0. The molecular weight excluding hydrogens is 234 g/mol. The Kier molecular flexibility index (Phi) is 3.43. The Morgan fingerprint density at radius 3 is 2.12 bits per heavy atom. The summed E-state index contributed by atoms with van der Waals surface area (Å²) in [6.07, 6.45) is 6.32. The van der Waals surface area contributed by atoms with E-state index in [9.17, 15) is 8.42 Å². The summed E-state index contributed by atoms with van der Waals surface area (Å²) in [5.41, 5.74) is 1.10. The number of hydrogen-bond donors (Lipinski definition) is 0. The first-order chi connectivity index (χ1) is 7.98. The Morgan fingerprint density at radius 2 is 1.65 bits per heavy atom. The smallest absolute Gasteiger partial charge is 0.175 e. The lowest BCUT2D eigenvalue weighted by Gasteiger charge is -2.26. The fourth-order valence-corrected chi connectivity index (χ4v) is 3.06. The molecule has 0 saturated heterocycles. The first-order valence-electron chi connectivity index (χ1n) is 6.01. The third-order valence-corrected chi connectivity index (χ3v) is 4.67. The predicted molar refractivity (Wildman–Crippen MR) is 70.2 cm³/mol. The number of sulfone groups is 1. The van der Waals surface area contributed by atoms with Crippen LogP contribution < -0.4 is 4.90 Å². The molecular formula is C13H19NO2S. The average molecular weight is 253 g/mol. The molecule has 1 aliphatic carbocycles. The Bertz CT molecular complexity index is 473. The van der Waals surface area contributed by atoms with E-state index in [2.05, 4.69) is 11.9 Å². The summed E-state index contributed by atoms with van der Waals surface area (Å²) in [7, 11) is -0.994. The van der Waals surface area contributed by atoms with Gasteiger partial charge in [0.15, 0.2) is 9.84 Å². The van der Waals surface area contributed by atoms with Crippen molar-refractivity contribution in [1.29, 1.82) is 0 Å². The van der Waals surface area contributed by atoms with E-state index in [0.717, 1.165) is 5.69 Å². The van der Waals surface area contributed by atoms with Crippen LogP contribution in [0, 0.1) is 0 Å². The highest BCUT2D eigenvalue weighted by Crippen LogP contribution is 2.27. The van der Waals surface area contributed by atoms with Crippen molar-refractivity contribution in [3.8, 4) is 0 Å². The molecule has 0 bridgehead atoms. The van der Waals surface area contributed by atoms with E-state index < -0.39 is 9.84 Å². The molecule has 4 heteroatoms. The first kappa shape index (κ1) is 12.4. The largest absolute Gasteiger partial charge is 0.372 e. The standard InChI is InChI=1S/C13H19NO2S/c1-14(11-5-3-4-6-11)12-7-9-13(10-8-12)17(2,15)16/h7-11H,3-6H2,1-2H3. The summed E-state index contributed by atoms with van der Waals surface area (Å²) in [5.74, 6) is 0. The summed E-state index contributed by atoms with van der Waals surface area (Å²) in [6, 6.07) is 7.79. The topological polar surface area (TPSA) is 37.4 Å². The minimum atomic E-state index is -3.08. The fraction of sp³-hybridized carbons (Fsp3) is 0.538. The molecule has 0 aromatic heterocycles. The van der Waals surface area contributed by atoms with Gasteiger partial charge >= 0.3 is 0 Å². The number of benzene rings is 1. The van der Waals surface area contributed by atoms with Gasteiger partial charge in [0.05, 0.1) is 4.90 Å². The Labute approximate surface area is 103 Å². The van der Waals surface area contributed by atoms with Crippen LogP contribution in [0.2, 0.25) is 0 Å². The molecule has 17 heavy (non-hydrogen) atoms. The van der Waals surface area contributed by atoms with Crippen molar-refractivity contribution in [2.45, 2.75) is 36.6 Å². The highest BCUT2D eigenvalue weighted by Gasteiger charge is 2.19. The van der Waals surface area contributed by atoms with Crippen LogP contribution in [-0.4, -0.2) is 27.8 Å². The van der Waals surface area contributed by atoms with E-state index in [4.69, 9.17) is 0 Å². The lowest BCUT2D eigenvalue weighted by atomic mass is 10.2. The Morgan fingerprint density at radius 1 is 1.12 bits per heavy atom. The molecule has 1 fully saturated rings. The molecule has 0 radical (unpaired) electrons. The van der Waals surface area contributed by atoms with Crippen molar-refractivity contribution >= 4 is 15.5 Å². The second-order valence-electron chi connectivity index (χ2n) is 4.82. The summed E-state index contributed by atoms with van der Waals surface area (Å²) >= 11 is 0. The molecule has 3 nitrogen and oxygen atoms in total. The highest BCUT2D eigenvalue weighted by molar-refractivity contribution is 7.90. The van der Waals surface area contributed by atoms with Gasteiger partial charge in [-0.2, -0.15) is 0 Å². The lowest BCUT2D eigenvalue weighted by Crippen LogP contribution is -2.28. The summed E-state index contributed by atoms with van der Waals surface area (Å²) < 4.78 is 22.7. The third-order valence-electron chi connectivity index (χ3n) is 3.54. The normalized spacial score (nSPS) is 17.3. The fourth-order valence-electron chi connectivity index (χ4n) is 2.43. The quantitative estimate of drug-likeness (QED) is 0.830. The van der Waals surface area contributed by atoms with E-state index in [1.807, 2.05) is 12.1 Å². The molecule has 1 saturated carbocycles. The van der Waals surface area contributed by atoms with Crippen LogP contribution in [0.1, 0.15) is 25.7 Å². The zero-order chi connectivity index (χ0) is 12.5. The first-order valence-corrected chi connectivity index (χ1v) is 7.90. The van der Waals surface area contributed by atoms with Crippen molar-refractivity contribution in [2.75, 3.05) is 18.2 Å². The SMILES string of the molecule is CN(c1ccc(S(C)(=O)=O)cc1)C1CCCC1. The number of rotatable bonds is 3.